The molecule has 3 heterocycles. The van der Waals surface area contributed by atoms with E-state index in [1.165, 1.54) is 17.2 Å². The van der Waals surface area contributed by atoms with Crippen LogP contribution < -0.4 is 4.90 Å². The van der Waals surface area contributed by atoms with Crippen LogP contribution in [0.4, 0.5) is 5.13 Å². The first-order valence-electron chi connectivity index (χ1n) is 6.95. The lowest BCUT2D eigenvalue weighted by Crippen LogP contribution is -2.46. The van der Waals surface area contributed by atoms with Crippen LogP contribution in [0.5, 0.6) is 0 Å². The zero-order valence-electron chi connectivity index (χ0n) is 11.9. The Labute approximate surface area is 127 Å². The second-order valence-corrected chi connectivity index (χ2v) is 6.76. The van der Waals surface area contributed by atoms with E-state index in [9.17, 15) is 0 Å². The van der Waals surface area contributed by atoms with Crippen molar-refractivity contribution in [3.05, 3.63) is 21.9 Å². The van der Waals surface area contributed by atoms with Crippen molar-refractivity contribution in [3.63, 3.8) is 0 Å². The highest BCUT2D eigenvalue weighted by Gasteiger charge is 2.20. The van der Waals surface area contributed by atoms with E-state index >= 15 is 0 Å². The Hall–Kier alpha value is -1.05. The van der Waals surface area contributed by atoms with Crippen LogP contribution in [0, 0.1) is 6.92 Å². The van der Waals surface area contributed by atoms with Gasteiger partial charge in [0.25, 0.3) is 0 Å². The predicted octanol–water partition coefficient (Wildman–Crippen LogP) is 2.19. The summed E-state index contributed by atoms with van der Waals surface area (Å²) in [6.45, 7) is 9.32. The van der Waals surface area contributed by atoms with Gasteiger partial charge < -0.3 is 4.90 Å². The summed E-state index contributed by atoms with van der Waals surface area (Å²) in [5.74, 6) is 0.963. The number of anilines is 1. The van der Waals surface area contributed by atoms with Gasteiger partial charge in [-0.2, -0.15) is 4.37 Å². The van der Waals surface area contributed by atoms with Crippen LogP contribution in [0.3, 0.4) is 0 Å². The number of piperazine rings is 1. The topological polar surface area (TPSA) is 45.2 Å². The standard InChI is InChI=1S/C13H19N5S2/c1-3-12-15-13(20-16-12)18-6-4-17(5-7-18)8-11-9-19-10(2)14-11/h9H,3-8H2,1-2H3. The molecule has 0 radical (unpaired) electrons. The zero-order valence-corrected chi connectivity index (χ0v) is 13.5. The van der Waals surface area contributed by atoms with Crippen molar-refractivity contribution in [2.24, 2.45) is 0 Å². The van der Waals surface area contributed by atoms with E-state index in [1.807, 2.05) is 0 Å². The van der Waals surface area contributed by atoms with E-state index < -0.39 is 0 Å². The number of nitrogens with zero attached hydrogens (tertiary/aromatic N) is 5. The van der Waals surface area contributed by atoms with Gasteiger partial charge in [0.1, 0.15) is 5.82 Å². The molecular formula is C13H19N5S2. The third-order valence-corrected chi connectivity index (χ3v) is 5.11. The maximum absolute atomic E-state index is 4.57. The third kappa shape index (κ3) is 3.16. The van der Waals surface area contributed by atoms with Crippen LogP contribution in [0.15, 0.2) is 5.38 Å². The highest BCUT2D eigenvalue weighted by atomic mass is 32.1. The van der Waals surface area contributed by atoms with Gasteiger partial charge in [0.2, 0.25) is 5.13 Å². The van der Waals surface area contributed by atoms with Crippen molar-refractivity contribution in [1.82, 2.24) is 19.2 Å². The summed E-state index contributed by atoms with van der Waals surface area (Å²) in [6.07, 6.45) is 0.916. The predicted molar refractivity (Wildman–Crippen MR) is 83.6 cm³/mol. The summed E-state index contributed by atoms with van der Waals surface area (Å²) < 4.78 is 4.37. The smallest absolute Gasteiger partial charge is 0.205 e. The van der Waals surface area contributed by atoms with Gasteiger partial charge in [-0.1, -0.05) is 6.92 Å². The van der Waals surface area contributed by atoms with Crippen molar-refractivity contribution < 1.29 is 0 Å². The molecule has 1 saturated heterocycles. The largest absolute Gasteiger partial charge is 0.344 e. The minimum absolute atomic E-state index is 0.916. The summed E-state index contributed by atoms with van der Waals surface area (Å²) in [4.78, 5) is 13.9. The fourth-order valence-corrected chi connectivity index (χ4v) is 3.73. The van der Waals surface area contributed by atoms with E-state index in [0.717, 1.165) is 55.1 Å². The molecule has 0 N–H and O–H groups in total. The van der Waals surface area contributed by atoms with Crippen molar-refractivity contribution in [3.8, 4) is 0 Å². The van der Waals surface area contributed by atoms with E-state index in [0.29, 0.717) is 0 Å². The van der Waals surface area contributed by atoms with Crippen LogP contribution in [0.25, 0.3) is 0 Å². The Kier molecular flexibility index (Phi) is 4.28. The Morgan fingerprint density at radius 3 is 2.60 bits per heavy atom. The van der Waals surface area contributed by atoms with Crippen molar-refractivity contribution in [2.45, 2.75) is 26.8 Å². The molecule has 2 aromatic rings. The summed E-state index contributed by atoms with van der Waals surface area (Å²) in [5, 5.41) is 4.39. The van der Waals surface area contributed by atoms with Crippen molar-refractivity contribution >= 4 is 28.0 Å². The maximum Gasteiger partial charge on any atom is 0.205 e. The minimum atomic E-state index is 0.916. The van der Waals surface area contributed by atoms with Gasteiger partial charge in [0, 0.05) is 56.1 Å². The lowest BCUT2D eigenvalue weighted by atomic mass is 10.3. The molecule has 2 aromatic heterocycles. The summed E-state index contributed by atoms with van der Waals surface area (Å²) >= 11 is 3.26. The Morgan fingerprint density at radius 1 is 1.20 bits per heavy atom. The molecule has 0 saturated carbocycles. The fourth-order valence-electron chi connectivity index (χ4n) is 2.32. The van der Waals surface area contributed by atoms with Gasteiger partial charge in [-0.3, -0.25) is 4.90 Å². The summed E-state index contributed by atoms with van der Waals surface area (Å²) in [7, 11) is 0. The lowest BCUT2D eigenvalue weighted by molar-refractivity contribution is 0.247. The van der Waals surface area contributed by atoms with Gasteiger partial charge in [-0.25, -0.2) is 9.97 Å². The number of hydrogen-bond acceptors (Lipinski definition) is 7. The monoisotopic (exact) mass is 309 g/mol. The van der Waals surface area contributed by atoms with E-state index in [-0.39, 0.29) is 0 Å². The van der Waals surface area contributed by atoms with Crippen molar-refractivity contribution in [2.75, 3.05) is 31.1 Å². The van der Waals surface area contributed by atoms with Crippen LogP contribution >= 0.6 is 22.9 Å². The highest BCUT2D eigenvalue weighted by Crippen LogP contribution is 2.20. The molecule has 0 unspecified atom stereocenters. The molecule has 1 fully saturated rings. The van der Waals surface area contributed by atoms with Gasteiger partial charge in [0.15, 0.2) is 0 Å². The molecular weight excluding hydrogens is 290 g/mol. The SMILES string of the molecule is CCc1nsc(N2CCN(Cc3csc(C)n3)CC2)n1. The molecule has 1 aliphatic heterocycles. The zero-order chi connectivity index (χ0) is 13.9. The molecule has 3 rings (SSSR count). The molecule has 20 heavy (non-hydrogen) atoms. The van der Waals surface area contributed by atoms with E-state index in [1.54, 1.807) is 11.3 Å². The molecule has 1 aliphatic rings. The minimum Gasteiger partial charge on any atom is -0.344 e. The second-order valence-electron chi connectivity index (χ2n) is 4.97. The van der Waals surface area contributed by atoms with Gasteiger partial charge in [-0.15, -0.1) is 11.3 Å². The molecule has 0 spiro atoms. The first-order valence-corrected chi connectivity index (χ1v) is 8.61. The molecule has 0 amide bonds. The van der Waals surface area contributed by atoms with Crippen LogP contribution in [0.2, 0.25) is 0 Å². The molecule has 108 valence electrons. The summed E-state index contributed by atoms with van der Waals surface area (Å²) in [6, 6.07) is 0. The number of aryl methyl sites for hydroxylation is 2. The molecule has 0 atom stereocenters. The lowest BCUT2D eigenvalue weighted by Gasteiger charge is -2.33. The Balaban J connectivity index is 1.54. The average Bonchev–Trinajstić information content (AvgIpc) is 3.09. The third-order valence-electron chi connectivity index (χ3n) is 3.47. The number of hydrogen-bond donors (Lipinski definition) is 0. The van der Waals surface area contributed by atoms with Gasteiger partial charge >= 0.3 is 0 Å². The molecule has 0 bridgehead atoms. The average molecular weight is 309 g/mol. The van der Waals surface area contributed by atoms with Crippen LogP contribution in [-0.2, 0) is 13.0 Å². The fraction of sp³-hybridized carbons (Fsp3) is 0.615. The Bertz CT molecular complexity index is 557. The molecule has 7 heteroatoms. The number of thiazole rings is 1. The van der Waals surface area contributed by atoms with Crippen LogP contribution in [0.1, 0.15) is 23.4 Å². The molecule has 0 aliphatic carbocycles. The first kappa shape index (κ1) is 13.9. The summed E-state index contributed by atoms with van der Waals surface area (Å²) in [5.41, 5.74) is 1.20. The number of aromatic nitrogens is 3. The molecule has 0 aromatic carbocycles. The number of rotatable bonds is 4. The first-order chi connectivity index (χ1) is 9.74. The highest BCUT2D eigenvalue weighted by molar-refractivity contribution is 7.09. The van der Waals surface area contributed by atoms with Gasteiger partial charge in [0.05, 0.1) is 10.7 Å². The molecule has 5 nitrogen and oxygen atoms in total. The quantitative estimate of drug-likeness (QED) is 0.866. The second kappa shape index (κ2) is 6.15. The maximum atomic E-state index is 4.57. The Morgan fingerprint density at radius 2 is 2.00 bits per heavy atom. The van der Waals surface area contributed by atoms with E-state index in [4.69, 9.17) is 0 Å². The van der Waals surface area contributed by atoms with Crippen molar-refractivity contribution in [1.29, 1.82) is 0 Å². The van der Waals surface area contributed by atoms with E-state index in [2.05, 4.69) is 43.4 Å². The van der Waals surface area contributed by atoms with Crippen LogP contribution in [-0.4, -0.2) is 45.4 Å². The normalized spacial score (nSPS) is 16.8. The van der Waals surface area contributed by atoms with Gasteiger partial charge in [-0.05, 0) is 6.92 Å².